The molecular formula is C29H33Cl2N3O4S. The van der Waals surface area contributed by atoms with Crippen LogP contribution in [0.25, 0.3) is 0 Å². The molecule has 0 aliphatic rings. The number of carbonyl (C=O) groups is 2. The van der Waals surface area contributed by atoms with Gasteiger partial charge in [-0.05, 0) is 61.7 Å². The second-order valence-electron chi connectivity index (χ2n) is 9.16. The van der Waals surface area contributed by atoms with E-state index in [1.807, 2.05) is 20.8 Å². The Bertz CT molecular complexity index is 1390. The molecule has 3 aromatic rings. The van der Waals surface area contributed by atoms with Crippen LogP contribution in [-0.4, -0.2) is 43.8 Å². The number of halogens is 2. The fourth-order valence-electron chi connectivity index (χ4n) is 4.05. The van der Waals surface area contributed by atoms with E-state index in [0.717, 1.165) is 10.7 Å². The zero-order chi connectivity index (χ0) is 28.6. The van der Waals surface area contributed by atoms with Gasteiger partial charge in [0.25, 0.3) is 10.0 Å². The molecule has 0 saturated carbocycles. The molecule has 10 heteroatoms. The van der Waals surface area contributed by atoms with Crippen LogP contribution >= 0.6 is 23.2 Å². The minimum absolute atomic E-state index is 0.0250. The number of nitrogens with zero attached hydrogens (tertiary/aromatic N) is 2. The highest BCUT2D eigenvalue weighted by atomic mass is 35.5. The van der Waals surface area contributed by atoms with Gasteiger partial charge >= 0.3 is 0 Å². The summed E-state index contributed by atoms with van der Waals surface area (Å²) in [6.07, 6.45) is 1.04. The minimum Gasteiger partial charge on any atom is -0.352 e. The van der Waals surface area contributed by atoms with Crippen molar-refractivity contribution in [2.24, 2.45) is 0 Å². The number of hydrogen-bond acceptors (Lipinski definition) is 4. The monoisotopic (exact) mass is 589 g/mol. The van der Waals surface area contributed by atoms with Crippen molar-refractivity contribution < 1.29 is 18.0 Å². The first-order valence-corrected chi connectivity index (χ1v) is 14.9. The van der Waals surface area contributed by atoms with E-state index >= 15 is 0 Å². The van der Waals surface area contributed by atoms with Gasteiger partial charge in [0.05, 0.1) is 10.6 Å². The van der Waals surface area contributed by atoms with Crippen LogP contribution in [0.4, 0.5) is 5.69 Å². The summed E-state index contributed by atoms with van der Waals surface area (Å²) >= 11 is 12.6. The van der Waals surface area contributed by atoms with Gasteiger partial charge in [-0.15, -0.1) is 0 Å². The van der Waals surface area contributed by atoms with Gasteiger partial charge in [0.15, 0.2) is 0 Å². The number of anilines is 1. The van der Waals surface area contributed by atoms with Gasteiger partial charge in [0, 0.05) is 22.6 Å². The van der Waals surface area contributed by atoms with Crippen LogP contribution in [0.15, 0.2) is 83.8 Å². The lowest BCUT2D eigenvalue weighted by molar-refractivity contribution is -0.140. The lowest BCUT2D eigenvalue weighted by Gasteiger charge is -2.34. The lowest BCUT2D eigenvalue weighted by atomic mass is 10.1. The second-order valence-corrected chi connectivity index (χ2v) is 11.9. The summed E-state index contributed by atoms with van der Waals surface area (Å²) in [4.78, 5) is 28.8. The number of rotatable bonds is 12. The molecule has 0 aliphatic carbocycles. The molecule has 0 spiro atoms. The first-order valence-electron chi connectivity index (χ1n) is 12.7. The summed E-state index contributed by atoms with van der Waals surface area (Å²) in [6.45, 7) is 5.13. The molecule has 39 heavy (non-hydrogen) atoms. The summed E-state index contributed by atoms with van der Waals surface area (Å²) in [7, 11) is -4.16. The van der Waals surface area contributed by atoms with Crippen molar-refractivity contribution in [1.82, 2.24) is 10.2 Å². The topological polar surface area (TPSA) is 86.8 Å². The predicted octanol–water partition coefficient (Wildman–Crippen LogP) is 5.91. The van der Waals surface area contributed by atoms with E-state index in [0.29, 0.717) is 22.0 Å². The van der Waals surface area contributed by atoms with Gasteiger partial charge in [0.1, 0.15) is 12.6 Å². The zero-order valence-corrected chi connectivity index (χ0v) is 24.5. The van der Waals surface area contributed by atoms with Crippen molar-refractivity contribution in [3.63, 3.8) is 0 Å². The lowest BCUT2D eigenvalue weighted by Crippen LogP contribution is -2.53. The second kappa shape index (κ2) is 13.8. The molecule has 3 aromatic carbocycles. The van der Waals surface area contributed by atoms with E-state index in [1.165, 1.54) is 23.1 Å². The highest BCUT2D eigenvalue weighted by molar-refractivity contribution is 7.92. The Labute approximate surface area is 240 Å². The number of hydrogen-bond donors (Lipinski definition) is 1. The standard InChI is InChI=1S/C29H33Cl2N3O4S/c1-4-21(3)32-29(36)27(5-2)33(19-22-12-9-10-17-26(22)31)28(35)20-34(24-14-11-13-23(30)18-24)39(37,38)25-15-7-6-8-16-25/h6-18,21,27H,4-5,19-20H2,1-3H3,(H,32,36)/t21-,27+/m0/s1. The van der Waals surface area contributed by atoms with Crippen molar-refractivity contribution >= 4 is 50.7 Å². The van der Waals surface area contributed by atoms with Crippen LogP contribution < -0.4 is 9.62 Å². The van der Waals surface area contributed by atoms with E-state index in [2.05, 4.69) is 5.32 Å². The summed E-state index contributed by atoms with van der Waals surface area (Å²) in [5.74, 6) is -0.868. The number of amides is 2. The molecule has 0 unspecified atom stereocenters. The van der Waals surface area contributed by atoms with Crippen molar-refractivity contribution in [3.05, 3.63) is 94.5 Å². The summed E-state index contributed by atoms with van der Waals surface area (Å²) in [6, 6.07) is 20.3. The number of sulfonamides is 1. The van der Waals surface area contributed by atoms with E-state index in [9.17, 15) is 18.0 Å². The zero-order valence-electron chi connectivity index (χ0n) is 22.2. The minimum atomic E-state index is -4.16. The van der Waals surface area contributed by atoms with E-state index < -0.39 is 28.5 Å². The maximum absolute atomic E-state index is 14.0. The molecular weight excluding hydrogens is 557 g/mol. The molecule has 0 aromatic heterocycles. The Balaban J connectivity index is 2.06. The van der Waals surface area contributed by atoms with Crippen molar-refractivity contribution in [3.8, 4) is 0 Å². The van der Waals surface area contributed by atoms with Crippen molar-refractivity contribution in [1.29, 1.82) is 0 Å². The van der Waals surface area contributed by atoms with E-state index in [-0.39, 0.29) is 29.1 Å². The number of carbonyl (C=O) groups excluding carboxylic acids is 2. The Morgan fingerprint density at radius 1 is 0.897 bits per heavy atom. The summed E-state index contributed by atoms with van der Waals surface area (Å²) in [5.41, 5.74) is 0.872. The Morgan fingerprint density at radius 2 is 1.56 bits per heavy atom. The first-order chi connectivity index (χ1) is 18.6. The molecule has 2 amide bonds. The molecule has 208 valence electrons. The van der Waals surface area contributed by atoms with Gasteiger partial charge < -0.3 is 10.2 Å². The fourth-order valence-corrected chi connectivity index (χ4v) is 5.86. The van der Waals surface area contributed by atoms with Gasteiger partial charge in [0.2, 0.25) is 11.8 Å². The Hall–Kier alpha value is -3.07. The highest BCUT2D eigenvalue weighted by Gasteiger charge is 2.34. The molecule has 0 saturated heterocycles. The third-order valence-electron chi connectivity index (χ3n) is 6.39. The van der Waals surface area contributed by atoms with Crippen LogP contribution in [-0.2, 0) is 26.2 Å². The molecule has 0 bridgehead atoms. The smallest absolute Gasteiger partial charge is 0.264 e. The van der Waals surface area contributed by atoms with Gasteiger partial charge in [-0.25, -0.2) is 8.42 Å². The fraction of sp³-hybridized carbons (Fsp3) is 0.310. The maximum atomic E-state index is 14.0. The normalized spacial score (nSPS) is 12.8. The van der Waals surface area contributed by atoms with E-state index in [1.54, 1.807) is 60.7 Å². The van der Waals surface area contributed by atoms with Crippen molar-refractivity contribution in [2.45, 2.75) is 57.1 Å². The molecule has 1 N–H and O–H groups in total. The van der Waals surface area contributed by atoms with Gasteiger partial charge in [-0.3, -0.25) is 13.9 Å². The van der Waals surface area contributed by atoms with Crippen LogP contribution in [0.5, 0.6) is 0 Å². The molecule has 0 radical (unpaired) electrons. The molecule has 3 rings (SSSR count). The third-order valence-corrected chi connectivity index (χ3v) is 8.78. The predicted molar refractivity (Wildman–Crippen MR) is 156 cm³/mol. The first kappa shape index (κ1) is 30.5. The van der Waals surface area contributed by atoms with E-state index in [4.69, 9.17) is 23.2 Å². The van der Waals surface area contributed by atoms with Crippen LogP contribution in [0.3, 0.4) is 0 Å². The Morgan fingerprint density at radius 3 is 2.18 bits per heavy atom. The molecule has 2 atom stereocenters. The SMILES string of the molecule is CC[C@H](C(=O)N[C@@H](C)CC)N(Cc1ccccc1Cl)C(=O)CN(c1cccc(Cl)c1)S(=O)(=O)c1ccccc1. The number of nitrogens with one attached hydrogen (secondary N) is 1. The summed E-state index contributed by atoms with van der Waals surface area (Å²) < 4.78 is 28.6. The third kappa shape index (κ3) is 7.75. The summed E-state index contributed by atoms with van der Waals surface area (Å²) in [5, 5.41) is 3.71. The molecule has 7 nitrogen and oxygen atoms in total. The highest BCUT2D eigenvalue weighted by Crippen LogP contribution is 2.27. The average molecular weight is 591 g/mol. The largest absolute Gasteiger partial charge is 0.352 e. The molecule has 0 heterocycles. The van der Waals surface area contributed by atoms with Crippen LogP contribution in [0, 0.1) is 0 Å². The van der Waals surface area contributed by atoms with Crippen LogP contribution in [0.1, 0.15) is 39.2 Å². The van der Waals surface area contributed by atoms with Crippen LogP contribution in [0.2, 0.25) is 10.0 Å². The maximum Gasteiger partial charge on any atom is 0.264 e. The average Bonchev–Trinajstić information content (AvgIpc) is 2.92. The van der Waals surface area contributed by atoms with Gasteiger partial charge in [-0.1, -0.05) is 79.5 Å². The number of benzene rings is 3. The Kier molecular flexibility index (Phi) is 10.8. The van der Waals surface area contributed by atoms with Gasteiger partial charge in [-0.2, -0.15) is 0 Å². The molecule has 0 aliphatic heterocycles. The van der Waals surface area contributed by atoms with Crippen molar-refractivity contribution in [2.75, 3.05) is 10.8 Å². The molecule has 0 fully saturated rings. The quantitative estimate of drug-likeness (QED) is 0.284.